The molecular weight excluding hydrogens is 427 g/mol. The second-order valence-electron chi connectivity index (χ2n) is 7.26. The summed E-state index contributed by atoms with van der Waals surface area (Å²) < 4.78 is 45.7. The van der Waals surface area contributed by atoms with Crippen molar-refractivity contribution in [2.24, 2.45) is 0 Å². The molecule has 1 saturated heterocycles. The molecule has 1 aliphatic rings. The molecule has 1 fully saturated rings. The van der Waals surface area contributed by atoms with Gasteiger partial charge in [0.05, 0.1) is 35.6 Å². The summed E-state index contributed by atoms with van der Waals surface area (Å²) in [6, 6.07) is 10.7. The van der Waals surface area contributed by atoms with Gasteiger partial charge < -0.3 is 9.64 Å². The van der Waals surface area contributed by atoms with Crippen molar-refractivity contribution in [2.75, 3.05) is 19.7 Å². The zero-order valence-electron chi connectivity index (χ0n) is 16.7. The number of hydrogen-bond donors (Lipinski definition) is 0. The maximum Gasteiger partial charge on any atom is 0.416 e. The molecule has 3 aromatic rings. The first-order valence-electron chi connectivity index (χ1n) is 9.75. The lowest BCUT2D eigenvalue weighted by atomic mass is 10.0. The van der Waals surface area contributed by atoms with E-state index in [1.807, 2.05) is 0 Å². The third-order valence-corrected chi connectivity index (χ3v) is 6.06. The van der Waals surface area contributed by atoms with Crippen molar-refractivity contribution in [1.82, 2.24) is 14.9 Å². The van der Waals surface area contributed by atoms with E-state index in [1.54, 1.807) is 41.6 Å². The van der Waals surface area contributed by atoms with E-state index in [-0.39, 0.29) is 17.9 Å². The summed E-state index contributed by atoms with van der Waals surface area (Å²) in [4.78, 5) is 23.8. The predicted octanol–water partition coefficient (Wildman–Crippen LogP) is 4.67. The Kier molecular flexibility index (Phi) is 6.06. The number of hydrogen-bond acceptors (Lipinski definition) is 5. The molecule has 0 saturated carbocycles. The number of amides is 1. The van der Waals surface area contributed by atoms with Gasteiger partial charge in [0.2, 0.25) is 0 Å². The van der Waals surface area contributed by atoms with Crippen LogP contribution in [0.3, 0.4) is 0 Å². The Morgan fingerprint density at radius 2 is 2.03 bits per heavy atom. The second kappa shape index (κ2) is 8.76. The van der Waals surface area contributed by atoms with Crippen molar-refractivity contribution in [3.63, 3.8) is 0 Å². The van der Waals surface area contributed by atoms with Crippen LogP contribution in [0.2, 0.25) is 0 Å². The van der Waals surface area contributed by atoms with Gasteiger partial charge in [-0.25, -0.2) is 4.98 Å². The van der Waals surface area contributed by atoms with E-state index in [0.717, 1.165) is 6.07 Å². The number of thiazole rings is 1. The number of carbonyl (C=O) groups is 1. The van der Waals surface area contributed by atoms with Gasteiger partial charge in [0.25, 0.3) is 5.91 Å². The molecule has 3 heterocycles. The van der Waals surface area contributed by atoms with Crippen molar-refractivity contribution in [3.8, 4) is 0 Å². The maximum atomic E-state index is 13.3. The number of pyridine rings is 1. The molecule has 1 aliphatic heterocycles. The molecule has 1 amide bonds. The Morgan fingerprint density at radius 1 is 1.23 bits per heavy atom. The van der Waals surface area contributed by atoms with Crippen molar-refractivity contribution < 1.29 is 22.7 Å². The van der Waals surface area contributed by atoms with Crippen molar-refractivity contribution >= 4 is 17.2 Å². The summed E-state index contributed by atoms with van der Waals surface area (Å²) in [6.45, 7) is 2.94. The van der Waals surface area contributed by atoms with Crippen LogP contribution in [0.15, 0.2) is 48.0 Å². The maximum absolute atomic E-state index is 13.3. The quantitative estimate of drug-likeness (QED) is 0.583. The minimum atomic E-state index is -4.42. The molecule has 1 atom stereocenters. The number of benzene rings is 1. The first-order chi connectivity index (χ1) is 14.8. The minimum Gasteiger partial charge on any atom is -0.368 e. The molecule has 31 heavy (non-hydrogen) atoms. The van der Waals surface area contributed by atoms with Crippen molar-refractivity contribution in [1.29, 1.82) is 0 Å². The van der Waals surface area contributed by atoms with E-state index < -0.39 is 17.8 Å². The normalized spacial score (nSPS) is 17.0. The van der Waals surface area contributed by atoms with E-state index in [4.69, 9.17) is 4.74 Å². The highest BCUT2D eigenvalue weighted by molar-refractivity contribution is 7.11. The Morgan fingerprint density at radius 3 is 2.77 bits per heavy atom. The van der Waals surface area contributed by atoms with Gasteiger partial charge in [-0.15, -0.1) is 11.3 Å². The summed E-state index contributed by atoms with van der Waals surface area (Å²) in [6.07, 6.45) is -4.81. The number of aromatic nitrogens is 2. The van der Waals surface area contributed by atoms with Gasteiger partial charge in [0.15, 0.2) is 0 Å². The fourth-order valence-electron chi connectivity index (χ4n) is 3.59. The van der Waals surface area contributed by atoms with Gasteiger partial charge in [0, 0.05) is 18.7 Å². The number of carbonyl (C=O) groups excluding carboxylic acids is 1. The molecule has 0 N–H and O–H groups in total. The minimum absolute atomic E-state index is 0.0545. The SMILES string of the molecule is Cc1ncsc1C(=O)N1CCOC(c2cccc(Cc3ccccc3C(F)(F)F)n2)C1. The van der Waals surface area contributed by atoms with Crippen LogP contribution in [-0.4, -0.2) is 40.5 Å². The van der Waals surface area contributed by atoms with Crippen LogP contribution in [0, 0.1) is 6.92 Å². The van der Waals surface area contributed by atoms with Crippen LogP contribution in [0.1, 0.15) is 44.0 Å². The molecule has 0 aliphatic carbocycles. The Hall–Kier alpha value is -2.78. The Balaban J connectivity index is 1.52. The van der Waals surface area contributed by atoms with Crippen LogP contribution in [0.25, 0.3) is 0 Å². The molecule has 0 spiro atoms. The molecule has 2 aromatic heterocycles. The second-order valence-corrected chi connectivity index (χ2v) is 8.12. The standard InChI is InChI=1S/C22H20F3N3O2S/c1-14-20(31-13-26-14)21(29)28-9-10-30-19(12-28)18-8-4-6-16(27-18)11-15-5-2-3-7-17(15)22(23,24)25/h2-8,13,19H,9-12H2,1H3. The highest BCUT2D eigenvalue weighted by atomic mass is 32.1. The Bertz CT molecular complexity index is 1080. The first-order valence-corrected chi connectivity index (χ1v) is 10.6. The third kappa shape index (κ3) is 4.77. The highest BCUT2D eigenvalue weighted by Crippen LogP contribution is 2.33. The molecular formula is C22H20F3N3O2S. The summed E-state index contributed by atoms with van der Waals surface area (Å²) in [5, 5.41) is 0. The van der Waals surface area contributed by atoms with Gasteiger partial charge >= 0.3 is 6.18 Å². The molecule has 5 nitrogen and oxygen atoms in total. The average Bonchev–Trinajstić information content (AvgIpc) is 3.19. The number of alkyl halides is 3. The van der Waals surface area contributed by atoms with Gasteiger partial charge in [0.1, 0.15) is 11.0 Å². The van der Waals surface area contributed by atoms with Crippen LogP contribution in [-0.2, 0) is 17.3 Å². The van der Waals surface area contributed by atoms with Crippen LogP contribution in [0.5, 0.6) is 0 Å². The molecule has 162 valence electrons. The van der Waals surface area contributed by atoms with Crippen LogP contribution in [0.4, 0.5) is 13.2 Å². The number of nitrogens with zero attached hydrogens (tertiary/aromatic N) is 3. The first kappa shape index (κ1) is 21.5. The molecule has 0 radical (unpaired) electrons. The summed E-state index contributed by atoms with van der Waals surface area (Å²) in [5.74, 6) is -0.0939. The summed E-state index contributed by atoms with van der Waals surface area (Å²) in [7, 11) is 0. The van der Waals surface area contributed by atoms with Gasteiger partial charge in [-0.1, -0.05) is 24.3 Å². The van der Waals surface area contributed by atoms with Crippen molar-refractivity contribution in [3.05, 3.63) is 81.1 Å². The fraction of sp³-hybridized carbons (Fsp3) is 0.318. The van der Waals surface area contributed by atoms with E-state index in [0.29, 0.717) is 41.7 Å². The molecule has 0 bridgehead atoms. The third-order valence-electron chi connectivity index (χ3n) is 5.15. The number of halogens is 3. The smallest absolute Gasteiger partial charge is 0.368 e. The fourth-order valence-corrected chi connectivity index (χ4v) is 4.35. The van der Waals surface area contributed by atoms with Gasteiger partial charge in [-0.3, -0.25) is 9.78 Å². The average molecular weight is 447 g/mol. The summed E-state index contributed by atoms with van der Waals surface area (Å²) in [5.41, 5.74) is 2.96. The lowest BCUT2D eigenvalue weighted by Crippen LogP contribution is -2.42. The monoisotopic (exact) mass is 447 g/mol. The molecule has 9 heteroatoms. The predicted molar refractivity (Wildman–Crippen MR) is 110 cm³/mol. The van der Waals surface area contributed by atoms with E-state index in [9.17, 15) is 18.0 Å². The number of ether oxygens (including phenoxy) is 1. The lowest BCUT2D eigenvalue weighted by molar-refractivity contribution is -0.138. The van der Waals surface area contributed by atoms with Gasteiger partial charge in [-0.05, 0) is 30.7 Å². The number of aryl methyl sites for hydroxylation is 1. The largest absolute Gasteiger partial charge is 0.416 e. The zero-order chi connectivity index (χ0) is 22.0. The Labute approximate surface area is 181 Å². The van der Waals surface area contributed by atoms with Crippen molar-refractivity contribution in [2.45, 2.75) is 25.6 Å². The van der Waals surface area contributed by atoms with E-state index in [1.165, 1.54) is 23.5 Å². The number of morpholine rings is 1. The molecule has 4 rings (SSSR count). The van der Waals surface area contributed by atoms with Gasteiger partial charge in [-0.2, -0.15) is 13.2 Å². The van der Waals surface area contributed by atoms with Crippen LogP contribution >= 0.6 is 11.3 Å². The number of rotatable bonds is 4. The zero-order valence-corrected chi connectivity index (χ0v) is 17.5. The van der Waals surface area contributed by atoms with E-state index >= 15 is 0 Å². The topological polar surface area (TPSA) is 55.3 Å². The lowest BCUT2D eigenvalue weighted by Gasteiger charge is -2.32. The van der Waals surface area contributed by atoms with Crippen LogP contribution < -0.4 is 0 Å². The summed E-state index contributed by atoms with van der Waals surface area (Å²) >= 11 is 1.30. The highest BCUT2D eigenvalue weighted by Gasteiger charge is 2.33. The molecule has 1 unspecified atom stereocenters. The molecule has 1 aromatic carbocycles. The van der Waals surface area contributed by atoms with E-state index in [2.05, 4.69) is 9.97 Å².